The SMILES string of the molecule is CCN1CCC[C@H]1c1ccncc1C. The maximum Gasteiger partial charge on any atom is 0.0352 e. The maximum atomic E-state index is 4.15. The van der Waals surface area contributed by atoms with Crippen LogP contribution in [0, 0.1) is 6.92 Å². The van der Waals surface area contributed by atoms with Crippen LogP contribution >= 0.6 is 0 Å². The van der Waals surface area contributed by atoms with Crippen molar-refractivity contribution in [2.45, 2.75) is 32.7 Å². The Morgan fingerprint density at radius 3 is 3.14 bits per heavy atom. The third-order valence-electron chi connectivity index (χ3n) is 3.19. The van der Waals surface area contributed by atoms with E-state index in [0.717, 1.165) is 6.54 Å². The van der Waals surface area contributed by atoms with Crippen LogP contribution in [0.2, 0.25) is 0 Å². The van der Waals surface area contributed by atoms with Gasteiger partial charge >= 0.3 is 0 Å². The molecule has 0 spiro atoms. The van der Waals surface area contributed by atoms with E-state index in [4.69, 9.17) is 0 Å². The fourth-order valence-corrected chi connectivity index (χ4v) is 2.41. The standard InChI is InChI=1S/C12H18N2/c1-3-14-8-4-5-12(14)11-6-7-13-9-10(11)2/h6-7,9,12H,3-5,8H2,1-2H3/t12-/m0/s1. The van der Waals surface area contributed by atoms with Gasteiger partial charge in [0, 0.05) is 18.4 Å². The number of nitrogens with zero attached hydrogens (tertiary/aromatic N) is 2. The van der Waals surface area contributed by atoms with E-state index in [-0.39, 0.29) is 0 Å². The molecule has 14 heavy (non-hydrogen) atoms. The third-order valence-corrected chi connectivity index (χ3v) is 3.19. The minimum atomic E-state index is 0.642. The fourth-order valence-electron chi connectivity index (χ4n) is 2.41. The van der Waals surface area contributed by atoms with Crippen molar-refractivity contribution < 1.29 is 0 Å². The number of pyridine rings is 1. The molecule has 2 heteroatoms. The topological polar surface area (TPSA) is 16.1 Å². The van der Waals surface area contributed by atoms with Gasteiger partial charge in [-0.2, -0.15) is 0 Å². The summed E-state index contributed by atoms with van der Waals surface area (Å²) in [7, 11) is 0. The molecule has 1 aliphatic heterocycles. The van der Waals surface area contributed by atoms with Crippen LogP contribution in [0.25, 0.3) is 0 Å². The van der Waals surface area contributed by atoms with Crippen LogP contribution in [-0.4, -0.2) is 23.0 Å². The minimum absolute atomic E-state index is 0.642. The smallest absolute Gasteiger partial charge is 0.0352 e. The fraction of sp³-hybridized carbons (Fsp3) is 0.583. The van der Waals surface area contributed by atoms with E-state index in [0.29, 0.717) is 6.04 Å². The Labute approximate surface area is 86.0 Å². The zero-order valence-electron chi connectivity index (χ0n) is 9.03. The predicted molar refractivity (Wildman–Crippen MR) is 58.2 cm³/mol. The lowest BCUT2D eigenvalue weighted by Crippen LogP contribution is -2.23. The number of hydrogen-bond donors (Lipinski definition) is 0. The minimum Gasteiger partial charge on any atom is -0.297 e. The van der Waals surface area contributed by atoms with Gasteiger partial charge in [-0.1, -0.05) is 6.92 Å². The van der Waals surface area contributed by atoms with Gasteiger partial charge in [-0.05, 0) is 50.0 Å². The van der Waals surface area contributed by atoms with Gasteiger partial charge in [0.05, 0.1) is 0 Å². The van der Waals surface area contributed by atoms with Crippen LogP contribution in [0.3, 0.4) is 0 Å². The van der Waals surface area contributed by atoms with Gasteiger partial charge < -0.3 is 0 Å². The molecule has 0 saturated carbocycles. The average molecular weight is 190 g/mol. The zero-order chi connectivity index (χ0) is 9.97. The van der Waals surface area contributed by atoms with Crippen molar-refractivity contribution in [2.75, 3.05) is 13.1 Å². The van der Waals surface area contributed by atoms with Crippen LogP contribution < -0.4 is 0 Å². The van der Waals surface area contributed by atoms with E-state index in [9.17, 15) is 0 Å². The van der Waals surface area contributed by atoms with E-state index >= 15 is 0 Å². The average Bonchev–Trinajstić information content (AvgIpc) is 2.66. The zero-order valence-corrected chi connectivity index (χ0v) is 9.03. The molecular weight excluding hydrogens is 172 g/mol. The van der Waals surface area contributed by atoms with E-state index in [2.05, 4.69) is 29.8 Å². The van der Waals surface area contributed by atoms with Crippen molar-refractivity contribution in [3.8, 4) is 0 Å². The summed E-state index contributed by atoms with van der Waals surface area (Å²) in [6.07, 6.45) is 6.52. The van der Waals surface area contributed by atoms with Gasteiger partial charge in [0.25, 0.3) is 0 Å². The molecule has 0 radical (unpaired) electrons. The second-order valence-corrected chi connectivity index (χ2v) is 4.02. The Morgan fingerprint density at radius 2 is 2.43 bits per heavy atom. The summed E-state index contributed by atoms with van der Waals surface area (Å²) in [6, 6.07) is 2.82. The van der Waals surface area contributed by atoms with Crippen molar-refractivity contribution in [2.24, 2.45) is 0 Å². The van der Waals surface area contributed by atoms with Crippen molar-refractivity contribution in [1.82, 2.24) is 9.88 Å². The summed E-state index contributed by atoms with van der Waals surface area (Å²) < 4.78 is 0. The molecular formula is C12H18N2. The van der Waals surface area contributed by atoms with Crippen LogP contribution in [-0.2, 0) is 0 Å². The molecule has 1 atom stereocenters. The maximum absolute atomic E-state index is 4.15. The van der Waals surface area contributed by atoms with Gasteiger partial charge in [0.2, 0.25) is 0 Å². The lowest BCUT2D eigenvalue weighted by atomic mass is 10.0. The molecule has 2 heterocycles. The van der Waals surface area contributed by atoms with Gasteiger partial charge in [-0.3, -0.25) is 9.88 Å². The summed E-state index contributed by atoms with van der Waals surface area (Å²) in [6.45, 7) is 6.82. The molecule has 1 aliphatic rings. The van der Waals surface area contributed by atoms with Crippen molar-refractivity contribution in [3.05, 3.63) is 29.6 Å². The Balaban J connectivity index is 2.26. The molecule has 76 valence electrons. The summed E-state index contributed by atoms with van der Waals surface area (Å²) >= 11 is 0. The number of aromatic nitrogens is 1. The van der Waals surface area contributed by atoms with Crippen LogP contribution in [0.5, 0.6) is 0 Å². The summed E-state index contributed by atoms with van der Waals surface area (Å²) in [5, 5.41) is 0. The number of aryl methyl sites for hydroxylation is 1. The lowest BCUT2D eigenvalue weighted by Gasteiger charge is -2.24. The summed E-state index contributed by atoms with van der Waals surface area (Å²) in [4.78, 5) is 6.71. The third kappa shape index (κ3) is 1.67. The van der Waals surface area contributed by atoms with E-state index in [1.807, 2.05) is 12.4 Å². The molecule has 0 amide bonds. The largest absolute Gasteiger partial charge is 0.297 e. The molecule has 1 saturated heterocycles. The molecule has 1 fully saturated rings. The van der Waals surface area contributed by atoms with Crippen LogP contribution in [0.15, 0.2) is 18.5 Å². The van der Waals surface area contributed by atoms with Crippen LogP contribution in [0.4, 0.5) is 0 Å². The lowest BCUT2D eigenvalue weighted by molar-refractivity contribution is 0.270. The molecule has 0 unspecified atom stereocenters. The first-order valence-corrected chi connectivity index (χ1v) is 5.47. The van der Waals surface area contributed by atoms with Gasteiger partial charge in [0.15, 0.2) is 0 Å². The monoisotopic (exact) mass is 190 g/mol. The second-order valence-electron chi connectivity index (χ2n) is 4.02. The van der Waals surface area contributed by atoms with E-state index < -0.39 is 0 Å². The van der Waals surface area contributed by atoms with Crippen LogP contribution in [0.1, 0.15) is 36.9 Å². The predicted octanol–water partition coefficient (Wildman–Crippen LogP) is 2.55. The van der Waals surface area contributed by atoms with Crippen molar-refractivity contribution in [1.29, 1.82) is 0 Å². The first-order valence-electron chi connectivity index (χ1n) is 5.47. The summed E-state index contributed by atoms with van der Waals surface area (Å²) in [5.74, 6) is 0. The molecule has 1 aromatic rings. The van der Waals surface area contributed by atoms with E-state index in [1.165, 1.54) is 30.5 Å². The molecule has 0 N–H and O–H groups in total. The highest BCUT2D eigenvalue weighted by Crippen LogP contribution is 2.32. The first-order chi connectivity index (χ1) is 6.83. The van der Waals surface area contributed by atoms with Gasteiger partial charge in [-0.25, -0.2) is 0 Å². The highest BCUT2D eigenvalue weighted by molar-refractivity contribution is 5.26. The number of hydrogen-bond acceptors (Lipinski definition) is 2. The molecule has 1 aromatic heterocycles. The van der Waals surface area contributed by atoms with Crippen molar-refractivity contribution in [3.63, 3.8) is 0 Å². The molecule has 0 aromatic carbocycles. The molecule has 0 bridgehead atoms. The Morgan fingerprint density at radius 1 is 1.57 bits per heavy atom. The highest BCUT2D eigenvalue weighted by Gasteiger charge is 2.25. The van der Waals surface area contributed by atoms with Gasteiger partial charge in [0.1, 0.15) is 0 Å². The van der Waals surface area contributed by atoms with E-state index in [1.54, 1.807) is 0 Å². The Bertz CT molecular complexity index is 309. The molecule has 2 nitrogen and oxygen atoms in total. The number of likely N-dealkylation sites (tertiary alicyclic amines) is 1. The Hall–Kier alpha value is -0.890. The molecule has 0 aliphatic carbocycles. The molecule has 2 rings (SSSR count). The first kappa shape index (κ1) is 9.66. The number of rotatable bonds is 2. The highest BCUT2D eigenvalue weighted by atomic mass is 15.2. The van der Waals surface area contributed by atoms with Gasteiger partial charge in [-0.15, -0.1) is 0 Å². The quantitative estimate of drug-likeness (QED) is 0.712. The Kier molecular flexibility index (Phi) is 2.82. The second kappa shape index (κ2) is 4.09. The summed E-state index contributed by atoms with van der Waals surface area (Å²) in [5.41, 5.74) is 2.80. The van der Waals surface area contributed by atoms with Crippen molar-refractivity contribution >= 4 is 0 Å². The normalized spacial score (nSPS) is 22.9.